The van der Waals surface area contributed by atoms with Crippen molar-refractivity contribution < 1.29 is 27.2 Å². The highest BCUT2D eigenvalue weighted by molar-refractivity contribution is 7.74. The normalized spacial score (nSPS) is 20.5. The van der Waals surface area contributed by atoms with Gasteiger partial charge in [-0.25, -0.2) is 0 Å². The van der Waals surface area contributed by atoms with Crippen LogP contribution in [-0.2, 0) is 20.3 Å². The summed E-state index contributed by atoms with van der Waals surface area (Å²) in [6, 6.07) is 0. The summed E-state index contributed by atoms with van der Waals surface area (Å²) in [6.45, 7) is 5.20. The first-order chi connectivity index (χ1) is 10.1. The molecule has 0 radical (unpaired) electrons. The number of fused-ring (bicyclic) bond motifs is 1. The van der Waals surface area contributed by atoms with Crippen LogP contribution in [0.2, 0.25) is 0 Å². The third kappa shape index (κ3) is 5.23. The van der Waals surface area contributed by atoms with Crippen LogP contribution in [0.1, 0.15) is 20.3 Å². The molecule has 0 amide bonds. The molecule has 21 heavy (non-hydrogen) atoms. The van der Waals surface area contributed by atoms with E-state index in [9.17, 15) is 4.21 Å². The Labute approximate surface area is 130 Å². The molecule has 8 heteroatoms. The van der Waals surface area contributed by atoms with Crippen molar-refractivity contribution in [3.8, 4) is 11.5 Å². The van der Waals surface area contributed by atoms with Crippen LogP contribution in [0, 0.1) is 5.92 Å². The lowest BCUT2D eigenvalue weighted by Crippen LogP contribution is -2.33. The van der Waals surface area contributed by atoms with E-state index in [0.717, 1.165) is 11.5 Å². The second kappa shape index (κ2) is 8.09. The van der Waals surface area contributed by atoms with Gasteiger partial charge in [0.15, 0.2) is 17.6 Å². The Bertz CT molecular complexity index is 461. The van der Waals surface area contributed by atoms with Gasteiger partial charge in [0, 0.05) is 17.4 Å². The number of rotatable bonds is 8. The van der Waals surface area contributed by atoms with Gasteiger partial charge in [0.25, 0.3) is 0 Å². The van der Waals surface area contributed by atoms with Crippen molar-refractivity contribution in [2.45, 2.75) is 32.5 Å². The molecule has 1 aromatic heterocycles. The summed E-state index contributed by atoms with van der Waals surface area (Å²) in [5, 5.41) is 3.81. The highest BCUT2D eigenvalue weighted by atomic mass is 32.2. The minimum Gasteiger partial charge on any atom is -0.485 e. The van der Waals surface area contributed by atoms with E-state index in [1.807, 2.05) is 24.6 Å². The van der Waals surface area contributed by atoms with Crippen LogP contribution in [0.4, 0.5) is 0 Å². The molecule has 0 aliphatic carbocycles. The first kappa shape index (κ1) is 16.7. The Morgan fingerprint density at radius 2 is 2.24 bits per heavy atom. The van der Waals surface area contributed by atoms with E-state index in [1.54, 1.807) is 0 Å². The van der Waals surface area contributed by atoms with Gasteiger partial charge in [0.05, 0.1) is 12.7 Å². The summed E-state index contributed by atoms with van der Waals surface area (Å²) in [6.07, 6.45) is 0.127. The second-order valence-corrected chi connectivity index (χ2v) is 6.48. The van der Waals surface area contributed by atoms with Gasteiger partial charge < -0.3 is 14.2 Å². The third-order valence-corrected chi connectivity index (χ3v) is 4.22. The van der Waals surface area contributed by atoms with E-state index in [-0.39, 0.29) is 18.1 Å². The van der Waals surface area contributed by atoms with Crippen molar-refractivity contribution >= 4 is 22.7 Å². The van der Waals surface area contributed by atoms with Crippen molar-refractivity contribution in [2.24, 2.45) is 5.92 Å². The summed E-state index contributed by atoms with van der Waals surface area (Å²) < 4.78 is 41.3. The molecule has 0 saturated carbocycles. The molecule has 3 unspecified atom stereocenters. The van der Waals surface area contributed by atoms with Crippen molar-refractivity contribution in [1.82, 2.24) is 0 Å². The fourth-order valence-electron chi connectivity index (χ4n) is 1.96. The molecule has 3 atom stereocenters. The van der Waals surface area contributed by atoms with Gasteiger partial charge in [0.1, 0.15) is 6.61 Å². The van der Waals surface area contributed by atoms with Crippen LogP contribution in [0.3, 0.4) is 0 Å². The predicted molar refractivity (Wildman–Crippen MR) is 80.1 cm³/mol. The Hall–Kier alpha value is -0.670. The molecule has 1 aromatic rings. The van der Waals surface area contributed by atoms with Crippen molar-refractivity contribution in [1.29, 1.82) is 0 Å². The van der Waals surface area contributed by atoms with Crippen LogP contribution in [-0.4, -0.2) is 40.8 Å². The number of ether oxygens (including phenoxy) is 3. The molecule has 1 N–H and O–H groups in total. The summed E-state index contributed by atoms with van der Waals surface area (Å²) >= 11 is -0.707. The minimum atomic E-state index is -2.25. The van der Waals surface area contributed by atoms with Crippen LogP contribution in [0.15, 0.2) is 10.8 Å². The average Bonchev–Trinajstić information content (AvgIpc) is 2.89. The SMILES string of the molecule is CC(C)C(CCOCC1COc2cscc2O1)OS(=O)O. The lowest BCUT2D eigenvalue weighted by molar-refractivity contribution is -0.000947. The molecule has 2 rings (SSSR count). The van der Waals surface area contributed by atoms with Gasteiger partial charge in [-0.15, -0.1) is 11.3 Å². The Kier molecular flexibility index (Phi) is 6.43. The Morgan fingerprint density at radius 1 is 1.48 bits per heavy atom. The minimum absolute atomic E-state index is 0.127. The zero-order chi connectivity index (χ0) is 15.2. The summed E-state index contributed by atoms with van der Waals surface area (Å²) in [5.41, 5.74) is 0. The molecule has 0 saturated heterocycles. The van der Waals surface area contributed by atoms with Gasteiger partial charge in [-0.2, -0.15) is 4.21 Å². The maximum atomic E-state index is 10.7. The van der Waals surface area contributed by atoms with E-state index in [0.29, 0.717) is 26.2 Å². The number of thiophene rings is 1. The highest BCUT2D eigenvalue weighted by Crippen LogP contribution is 2.35. The molecule has 0 spiro atoms. The summed E-state index contributed by atoms with van der Waals surface area (Å²) in [5.74, 6) is 1.70. The number of hydrogen-bond donors (Lipinski definition) is 1. The van der Waals surface area contributed by atoms with E-state index in [1.165, 1.54) is 11.3 Å². The smallest absolute Gasteiger partial charge is 0.302 e. The van der Waals surface area contributed by atoms with Crippen LogP contribution in [0.5, 0.6) is 11.5 Å². The number of hydrogen-bond acceptors (Lipinski definition) is 6. The van der Waals surface area contributed by atoms with Crippen molar-refractivity contribution in [2.75, 3.05) is 19.8 Å². The largest absolute Gasteiger partial charge is 0.485 e. The maximum Gasteiger partial charge on any atom is 0.302 e. The maximum absolute atomic E-state index is 10.7. The fraction of sp³-hybridized carbons (Fsp3) is 0.692. The van der Waals surface area contributed by atoms with E-state index < -0.39 is 11.4 Å². The molecule has 0 bridgehead atoms. The molecule has 0 fully saturated rings. The van der Waals surface area contributed by atoms with Crippen LogP contribution >= 0.6 is 11.3 Å². The summed E-state index contributed by atoms with van der Waals surface area (Å²) in [7, 11) is 0. The monoisotopic (exact) mass is 336 g/mol. The van der Waals surface area contributed by atoms with E-state index in [4.69, 9.17) is 22.9 Å². The van der Waals surface area contributed by atoms with Crippen LogP contribution in [0.25, 0.3) is 0 Å². The van der Waals surface area contributed by atoms with Gasteiger partial charge in [0.2, 0.25) is 0 Å². The zero-order valence-corrected chi connectivity index (χ0v) is 13.7. The van der Waals surface area contributed by atoms with Gasteiger partial charge in [-0.1, -0.05) is 13.8 Å². The molecule has 120 valence electrons. The molecular weight excluding hydrogens is 316 g/mol. The molecule has 1 aliphatic rings. The molecular formula is C13H20O6S2. The van der Waals surface area contributed by atoms with E-state index in [2.05, 4.69) is 0 Å². The van der Waals surface area contributed by atoms with Gasteiger partial charge in [-0.05, 0) is 12.3 Å². The Morgan fingerprint density at radius 3 is 2.95 bits per heavy atom. The predicted octanol–water partition coefficient (Wildman–Crippen LogP) is 2.47. The highest BCUT2D eigenvalue weighted by Gasteiger charge is 2.22. The first-order valence-electron chi connectivity index (χ1n) is 6.77. The standard InChI is InChI=1S/C13H20O6S2/c1-9(2)11(19-21(14)15)3-4-16-5-10-6-17-12-7-20-8-13(12)18-10/h7-11H,3-6H2,1-2H3,(H,14,15). The first-order valence-corrected chi connectivity index (χ1v) is 8.75. The van der Waals surface area contributed by atoms with Gasteiger partial charge >= 0.3 is 11.4 Å². The third-order valence-electron chi connectivity index (χ3n) is 3.11. The molecule has 6 nitrogen and oxygen atoms in total. The van der Waals surface area contributed by atoms with Crippen molar-refractivity contribution in [3.63, 3.8) is 0 Å². The van der Waals surface area contributed by atoms with Crippen molar-refractivity contribution in [3.05, 3.63) is 10.8 Å². The quantitative estimate of drug-likeness (QED) is 0.581. The fourth-order valence-corrected chi connectivity index (χ4v) is 3.16. The molecule has 1 aliphatic heterocycles. The van der Waals surface area contributed by atoms with Gasteiger partial charge in [-0.3, -0.25) is 8.74 Å². The molecule has 0 aromatic carbocycles. The lowest BCUT2D eigenvalue weighted by Gasteiger charge is -2.25. The zero-order valence-electron chi connectivity index (χ0n) is 12.0. The Balaban J connectivity index is 1.66. The summed E-state index contributed by atoms with van der Waals surface area (Å²) in [4.78, 5) is 0. The second-order valence-electron chi connectivity index (χ2n) is 5.11. The van der Waals surface area contributed by atoms with Crippen LogP contribution < -0.4 is 9.47 Å². The average molecular weight is 336 g/mol. The van der Waals surface area contributed by atoms with E-state index >= 15 is 0 Å². The molecule has 2 heterocycles. The lowest BCUT2D eigenvalue weighted by atomic mass is 10.1. The topological polar surface area (TPSA) is 74.2 Å².